The highest BCUT2D eigenvalue weighted by atomic mass is 32.1. The van der Waals surface area contributed by atoms with Gasteiger partial charge in [0.15, 0.2) is 16.6 Å². The molecule has 0 radical (unpaired) electrons. The van der Waals surface area contributed by atoms with Crippen molar-refractivity contribution in [3.63, 3.8) is 0 Å². The lowest BCUT2D eigenvalue weighted by Gasteiger charge is -2.04. The van der Waals surface area contributed by atoms with Gasteiger partial charge in [-0.1, -0.05) is 25.2 Å². The molecule has 0 spiro atoms. The monoisotopic (exact) mass is 276 g/mol. The molecule has 2 heterocycles. The minimum Gasteiger partial charge on any atom is -0.454 e. The van der Waals surface area contributed by atoms with Crippen molar-refractivity contribution in [1.82, 2.24) is 4.98 Å². The number of thiazole rings is 1. The highest BCUT2D eigenvalue weighted by Gasteiger charge is 2.14. The summed E-state index contributed by atoms with van der Waals surface area (Å²) >= 11 is 1.65. The first kappa shape index (κ1) is 12.3. The van der Waals surface area contributed by atoms with Crippen LogP contribution < -0.4 is 14.8 Å². The summed E-state index contributed by atoms with van der Waals surface area (Å²) in [5.74, 6) is 2.23. The highest BCUT2D eigenvalue weighted by Crippen LogP contribution is 2.38. The smallest absolute Gasteiger partial charge is 0.231 e. The van der Waals surface area contributed by atoms with Crippen LogP contribution in [0, 0.1) is 5.92 Å². The summed E-state index contributed by atoms with van der Waals surface area (Å²) in [7, 11) is 0. The lowest BCUT2D eigenvalue weighted by atomic mass is 10.2. The first-order valence-electron chi connectivity index (χ1n) is 6.32. The van der Waals surface area contributed by atoms with E-state index in [-0.39, 0.29) is 0 Å². The summed E-state index contributed by atoms with van der Waals surface area (Å²) in [5, 5.41) is 4.30. The fourth-order valence-corrected chi connectivity index (χ4v) is 2.65. The molecule has 0 amide bonds. The Balaban J connectivity index is 1.79. The Labute approximate surface area is 116 Å². The second kappa shape index (κ2) is 5.09. The second-order valence-corrected chi connectivity index (χ2v) is 5.90. The number of hydrogen-bond acceptors (Lipinski definition) is 5. The van der Waals surface area contributed by atoms with Gasteiger partial charge >= 0.3 is 0 Å². The zero-order valence-electron chi connectivity index (χ0n) is 11.0. The molecule has 0 saturated heterocycles. The molecule has 0 unspecified atom stereocenters. The summed E-state index contributed by atoms with van der Waals surface area (Å²) in [6.07, 6.45) is 1.89. The average Bonchev–Trinajstić information content (AvgIpc) is 3.04. The van der Waals surface area contributed by atoms with Gasteiger partial charge in [0.2, 0.25) is 6.79 Å². The van der Waals surface area contributed by atoms with Crippen molar-refractivity contribution in [3.05, 3.63) is 24.4 Å². The number of ether oxygens (including phenoxy) is 2. The zero-order valence-corrected chi connectivity index (χ0v) is 11.8. The van der Waals surface area contributed by atoms with E-state index in [0.717, 1.165) is 33.6 Å². The Morgan fingerprint density at radius 2 is 2.16 bits per heavy atom. The molecule has 0 saturated carbocycles. The van der Waals surface area contributed by atoms with Crippen molar-refractivity contribution >= 4 is 16.5 Å². The van der Waals surface area contributed by atoms with Gasteiger partial charge in [0, 0.05) is 12.7 Å². The van der Waals surface area contributed by atoms with E-state index in [0.29, 0.717) is 12.7 Å². The molecule has 0 bridgehead atoms. The van der Waals surface area contributed by atoms with Gasteiger partial charge in [-0.05, 0) is 29.7 Å². The molecule has 0 aliphatic carbocycles. The number of aromatic nitrogens is 1. The van der Waals surface area contributed by atoms with Gasteiger partial charge in [0.1, 0.15) is 0 Å². The molecule has 5 heteroatoms. The third-order valence-corrected chi connectivity index (χ3v) is 3.83. The number of rotatable bonds is 4. The van der Waals surface area contributed by atoms with Crippen LogP contribution in [0.2, 0.25) is 0 Å². The number of anilines is 1. The molecule has 0 fully saturated rings. The third-order valence-electron chi connectivity index (χ3n) is 2.82. The van der Waals surface area contributed by atoms with E-state index in [1.807, 2.05) is 24.4 Å². The first-order valence-corrected chi connectivity index (χ1v) is 7.14. The summed E-state index contributed by atoms with van der Waals surface area (Å²) in [6.45, 7) is 5.61. The molecule has 100 valence electrons. The van der Waals surface area contributed by atoms with Crippen molar-refractivity contribution in [2.45, 2.75) is 13.8 Å². The zero-order chi connectivity index (χ0) is 13.2. The summed E-state index contributed by atoms with van der Waals surface area (Å²) in [6, 6.07) is 5.98. The molecular weight excluding hydrogens is 260 g/mol. The molecule has 2 aromatic rings. The van der Waals surface area contributed by atoms with Gasteiger partial charge in [-0.15, -0.1) is 0 Å². The van der Waals surface area contributed by atoms with Gasteiger partial charge in [0.05, 0.1) is 4.88 Å². The van der Waals surface area contributed by atoms with Gasteiger partial charge < -0.3 is 14.8 Å². The van der Waals surface area contributed by atoms with Crippen LogP contribution in [0.4, 0.5) is 5.13 Å². The molecule has 1 N–H and O–H groups in total. The van der Waals surface area contributed by atoms with Crippen LogP contribution >= 0.6 is 11.3 Å². The van der Waals surface area contributed by atoms with Gasteiger partial charge in [0.25, 0.3) is 0 Å². The Bertz CT molecular complexity index is 581. The van der Waals surface area contributed by atoms with Crippen molar-refractivity contribution in [2.75, 3.05) is 18.7 Å². The number of nitrogens with zero attached hydrogens (tertiary/aromatic N) is 1. The molecule has 1 aliphatic heterocycles. The minimum atomic E-state index is 0.308. The lowest BCUT2D eigenvalue weighted by molar-refractivity contribution is 0.174. The molecular formula is C14H16N2O2S. The normalized spacial score (nSPS) is 13.0. The Morgan fingerprint density at radius 1 is 1.32 bits per heavy atom. The molecule has 1 aromatic heterocycles. The van der Waals surface area contributed by atoms with Crippen LogP contribution in [0.5, 0.6) is 11.5 Å². The van der Waals surface area contributed by atoms with Crippen molar-refractivity contribution in [2.24, 2.45) is 5.92 Å². The van der Waals surface area contributed by atoms with Gasteiger partial charge in [-0.3, -0.25) is 0 Å². The third kappa shape index (κ3) is 2.66. The number of nitrogens with one attached hydrogen (secondary N) is 1. The summed E-state index contributed by atoms with van der Waals surface area (Å²) in [4.78, 5) is 5.52. The van der Waals surface area contributed by atoms with E-state index in [1.165, 1.54) is 0 Å². The van der Waals surface area contributed by atoms with Crippen LogP contribution in [0.25, 0.3) is 10.4 Å². The fraction of sp³-hybridized carbons (Fsp3) is 0.357. The Morgan fingerprint density at radius 3 is 3.00 bits per heavy atom. The predicted octanol–water partition coefficient (Wildman–Crippen LogP) is 3.61. The van der Waals surface area contributed by atoms with Crippen LogP contribution in [0.3, 0.4) is 0 Å². The van der Waals surface area contributed by atoms with Crippen molar-refractivity contribution < 1.29 is 9.47 Å². The van der Waals surface area contributed by atoms with Gasteiger partial charge in [-0.2, -0.15) is 0 Å². The number of fused-ring (bicyclic) bond motifs is 1. The standard InChI is InChI=1S/C14H16N2O2S/c1-9(2)6-15-14-16-7-13(19-14)10-3-4-11-12(5-10)18-8-17-11/h3-5,7,9H,6,8H2,1-2H3,(H,15,16). The van der Waals surface area contributed by atoms with Crippen molar-refractivity contribution in [3.8, 4) is 21.9 Å². The Hall–Kier alpha value is -1.75. The number of benzene rings is 1. The Kier molecular flexibility index (Phi) is 3.29. The molecule has 4 nitrogen and oxygen atoms in total. The highest BCUT2D eigenvalue weighted by molar-refractivity contribution is 7.18. The van der Waals surface area contributed by atoms with E-state index >= 15 is 0 Å². The topological polar surface area (TPSA) is 43.4 Å². The molecule has 3 rings (SSSR count). The summed E-state index contributed by atoms with van der Waals surface area (Å²) < 4.78 is 10.7. The molecule has 0 atom stereocenters. The molecule has 1 aromatic carbocycles. The molecule has 19 heavy (non-hydrogen) atoms. The molecule has 1 aliphatic rings. The van der Waals surface area contributed by atoms with Crippen LogP contribution in [0.15, 0.2) is 24.4 Å². The lowest BCUT2D eigenvalue weighted by Crippen LogP contribution is -2.07. The fourth-order valence-electron chi connectivity index (χ4n) is 1.83. The summed E-state index contributed by atoms with van der Waals surface area (Å²) in [5.41, 5.74) is 1.11. The van der Waals surface area contributed by atoms with Gasteiger partial charge in [-0.25, -0.2) is 4.98 Å². The van der Waals surface area contributed by atoms with E-state index in [2.05, 4.69) is 24.1 Å². The predicted molar refractivity (Wildman–Crippen MR) is 77.0 cm³/mol. The van der Waals surface area contributed by atoms with Crippen molar-refractivity contribution in [1.29, 1.82) is 0 Å². The van der Waals surface area contributed by atoms with Crippen LogP contribution in [-0.4, -0.2) is 18.3 Å². The average molecular weight is 276 g/mol. The maximum atomic E-state index is 5.39. The largest absolute Gasteiger partial charge is 0.454 e. The van der Waals surface area contributed by atoms with E-state index in [4.69, 9.17) is 9.47 Å². The first-order chi connectivity index (χ1) is 9.22. The van der Waals surface area contributed by atoms with Crippen LogP contribution in [0.1, 0.15) is 13.8 Å². The maximum absolute atomic E-state index is 5.39. The van der Waals surface area contributed by atoms with E-state index in [9.17, 15) is 0 Å². The van der Waals surface area contributed by atoms with E-state index in [1.54, 1.807) is 11.3 Å². The maximum Gasteiger partial charge on any atom is 0.231 e. The number of hydrogen-bond donors (Lipinski definition) is 1. The quantitative estimate of drug-likeness (QED) is 0.926. The SMILES string of the molecule is CC(C)CNc1ncc(-c2ccc3c(c2)OCO3)s1. The van der Waals surface area contributed by atoms with Crippen LogP contribution in [-0.2, 0) is 0 Å². The minimum absolute atomic E-state index is 0.308. The second-order valence-electron chi connectivity index (χ2n) is 4.87. The van der Waals surface area contributed by atoms with E-state index < -0.39 is 0 Å².